The molecular weight excluding hydrogens is 222 g/mol. The monoisotopic (exact) mass is 232 g/mol. The molecule has 0 amide bonds. The SMILES string of the molecule is N[C@@H](CC(F)F)c1cc(O)ccc1[N+](=O)[O-]. The molecule has 7 heteroatoms. The highest BCUT2D eigenvalue weighted by Gasteiger charge is 2.22. The fourth-order valence-corrected chi connectivity index (χ4v) is 1.32. The first kappa shape index (κ1) is 12.3. The lowest BCUT2D eigenvalue weighted by Gasteiger charge is -2.11. The van der Waals surface area contributed by atoms with E-state index in [-0.39, 0.29) is 17.0 Å². The Morgan fingerprint density at radius 3 is 2.62 bits per heavy atom. The lowest BCUT2D eigenvalue weighted by molar-refractivity contribution is -0.385. The van der Waals surface area contributed by atoms with Crippen molar-refractivity contribution in [2.45, 2.75) is 18.9 Å². The molecule has 0 radical (unpaired) electrons. The number of nitrogens with zero attached hydrogens (tertiary/aromatic N) is 1. The zero-order chi connectivity index (χ0) is 12.3. The van der Waals surface area contributed by atoms with Crippen molar-refractivity contribution in [1.82, 2.24) is 0 Å². The molecule has 3 N–H and O–H groups in total. The van der Waals surface area contributed by atoms with E-state index in [1.165, 1.54) is 0 Å². The van der Waals surface area contributed by atoms with Gasteiger partial charge in [-0.3, -0.25) is 10.1 Å². The predicted octanol–water partition coefficient (Wildman–Crippen LogP) is 1.96. The summed E-state index contributed by atoms with van der Waals surface area (Å²) in [5.41, 5.74) is 4.95. The summed E-state index contributed by atoms with van der Waals surface area (Å²) in [6.45, 7) is 0. The molecule has 88 valence electrons. The third-order valence-electron chi connectivity index (χ3n) is 2.04. The van der Waals surface area contributed by atoms with Crippen molar-refractivity contribution in [1.29, 1.82) is 0 Å². The van der Waals surface area contributed by atoms with Gasteiger partial charge in [-0.15, -0.1) is 0 Å². The zero-order valence-electron chi connectivity index (χ0n) is 8.14. The summed E-state index contributed by atoms with van der Waals surface area (Å²) in [4.78, 5) is 9.88. The first-order valence-corrected chi connectivity index (χ1v) is 4.43. The first-order valence-electron chi connectivity index (χ1n) is 4.43. The Kier molecular flexibility index (Phi) is 3.73. The van der Waals surface area contributed by atoms with Gasteiger partial charge in [-0.25, -0.2) is 8.78 Å². The third kappa shape index (κ3) is 2.86. The average molecular weight is 232 g/mol. The van der Waals surface area contributed by atoms with Crippen LogP contribution in [0.25, 0.3) is 0 Å². The summed E-state index contributed by atoms with van der Waals surface area (Å²) in [5, 5.41) is 19.7. The van der Waals surface area contributed by atoms with Gasteiger partial charge >= 0.3 is 0 Å². The van der Waals surface area contributed by atoms with E-state index in [4.69, 9.17) is 10.8 Å². The summed E-state index contributed by atoms with van der Waals surface area (Å²) in [7, 11) is 0. The third-order valence-corrected chi connectivity index (χ3v) is 2.04. The predicted molar refractivity (Wildman–Crippen MR) is 52.3 cm³/mol. The standard InChI is InChI=1S/C9H10F2N2O3/c10-9(11)4-7(12)6-3-5(14)1-2-8(6)13(15)16/h1-3,7,9,14H,4,12H2/t7-/m0/s1. The van der Waals surface area contributed by atoms with E-state index in [0.717, 1.165) is 18.2 Å². The highest BCUT2D eigenvalue weighted by molar-refractivity contribution is 5.46. The maximum atomic E-state index is 12.1. The quantitative estimate of drug-likeness (QED) is 0.613. The van der Waals surface area contributed by atoms with Crippen molar-refractivity contribution in [3.8, 4) is 5.75 Å². The minimum Gasteiger partial charge on any atom is -0.508 e. The van der Waals surface area contributed by atoms with Crippen LogP contribution in [0.2, 0.25) is 0 Å². The molecule has 0 unspecified atom stereocenters. The average Bonchev–Trinajstić information content (AvgIpc) is 2.15. The second-order valence-corrected chi connectivity index (χ2v) is 3.23. The topological polar surface area (TPSA) is 89.4 Å². The molecule has 0 heterocycles. The summed E-state index contributed by atoms with van der Waals surface area (Å²) in [6, 6.07) is 2.00. The molecule has 0 aliphatic heterocycles. The second kappa shape index (κ2) is 4.84. The normalized spacial score (nSPS) is 12.8. The molecule has 16 heavy (non-hydrogen) atoms. The Bertz CT molecular complexity index is 398. The number of nitrogens with two attached hydrogens (primary N) is 1. The van der Waals surface area contributed by atoms with Gasteiger partial charge in [-0.1, -0.05) is 0 Å². The Labute approximate surface area is 89.6 Å². The molecule has 5 nitrogen and oxygen atoms in total. The van der Waals surface area contributed by atoms with Crippen LogP contribution in [0.15, 0.2) is 18.2 Å². The number of hydrogen-bond acceptors (Lipinski definition) is 4. The van der Waals surface area contributed by atoms with Gasteiger partial charge in [0.05, 0.1) is 10.5 Å². The second-order valence-electron chi connectivity index (χ2n) is 3.23. The van der Waals surface area contributed by atoms with Gasteiger partial charge in [0, 0.05) is 18.5 Å². The van der Waals surface area contributed by atoms with Gasteiger partial charge in [0.2, 0.25) is 6.43 Å². The molecule has 0 saturated heterocycles. The number of nitro groups is 1. The zero-order valence-corrected chi connectivity index (χ0v) is 8.14. The maximum Gasteiger partial charge on any atom is 0.274 e. The molecule has 0 aliphatic rings. The maximum absolute atomic E-state index is 12.1. The minimum atomic E-state index is -2.66. The van der Waals surface area contributed by atoms with Crippen LogP contribution in [-0.4, -0.2) is 16.5 Å². The van der Waals surface area contributed by atoms with Crippen LogP contribution in [0.5, 0.6) is 5.75 Å². The van der Waals surface area contributed by atoms with Crippen molar-refractivity contribution < 1.29 is 18.8 Å². The lowest BCUT2D eigenvalue weighted by atomic mass is 10.0. The van der Waals surface area contributed by atoms with Gasteiger partial charge in [0.1, 0.15) is 5.75 Å². The number of phenolic OH excluding ortho intramolecular Hbond substituents is 1. The highest BCUT2D eigenvalue weighted by Crippen LogP contribution is 2.30. The van der Waals surface area contributed by atoms with Gasteiger partial charge in [0.15, 0.2) is 0 Å². The molecule has 1 rings (SSSR count). The summed E-state index contributed by atoms with van der Waals surface area (Å²) >= 11 is 0. The van der Waals surface area contributed by atoms with E-state index >= 15 is 0 Å². The van der Waals surface area contributed by atoms with Crippen molar-refractivity contribution in [3.05, 3.63) is 33.9 Å². The van der Waals surface area contributed by atoms with E-state index in [0.29, 0.717) is 0 Å². The Balaban J connectivity index is 3.09. The number of rotatable bonds is 4. The Morgan fingerprint density at radius 1 is 1.50 bits per heavy atom. The fraction of sp³-hybridized carbons (Fsp3) is 0.333. The van der Waals surface area contributed by atoms with Crippen LogP contribution in [0.3, 0.4) is 0 Å². The van der Waals surface area contributed by atoms with Crippen molar-refractivity contribution in [2.75, 3.05) is 0 Å². The van der Waals surface area contributed by atoms with Crippen molar-refractivity contribution in [2.24, 2.45) is 5.73 Å². The van der Waals surface area contributed by atoms with Gasteiger partial charge in [-0.2, -0.15) is 0 Å². The molecule has 0 aliphatic carbocycles. The van der Waals surface area contributed by atoms with Crippen LogP contribution in [0, 0.1) is 10.1 Å². The van der Waals surface area contributed by atoms with Crippen LogP contribution in [0.4, 0.5) is 14.5 Å². The number of halogens is 2. The van der Waals surface area contributed by atoms with Crippen LogP contribution >= 0.6 is 0 Å². The molecule has 1 aromatic rings. The minimum absolute atomic E-state index is 0.0923. The first-order chi connectivity index (χ1) is 7.41. The molecule has 1 aromatic carbocycles. The number of alkyl halides is 2. The summed E-state index contributed by atoms with van der Waals surface area (Å²) in [5.74, 6) is -0.245. The summed E-state index contributed by atoms with van der Waals surface area (Å²) < 4.78 is 24.2. The molecule has 0 bridgehead atoms. The van der Waals surface area contributed by atoms with Crippen LogP contribution in [0.1, 0.15) is 18.0 Å². The van der Waals surface area contributed by atoms with Crippen molar-refractivity contribution >= 4 is 5.69 Å². The van der Waals surface area contributed by atoms with Gasteiger partial charge in [-0.05, 0) is 12.1 Å². The molecule has 0 aromatic heterocycles. The Hall–Kier alpha value is -1.76. The number of phenols is 1. The van der Waals surface area contributed by atoms with Gasteiger partial charge in [0.25, 0.3) is 5.69 Å². The Morgan fingerprint density at radius 2 is 2.12 bits per heavy atom. The molecule has 0 fully saturated rings. The highest BCUT2D eigenvalue weighted by atomic mass is 19.3. The largest absolute Gasteiger partial charge is 0.508 e. The smallest absolute Gasteiger partial charge is 0.274 e. The number of benzene rings is 1. The molecule has 1 atom stereocenters. The number of aromatic hydroxyl groups is 1. The number of nitro benzene ring substituents is 1. The van der Waals surface area contributed by atoms with Gasteiger partial charge < -0.3 is 10.8 Å². The van der Waals surface area contributed by atoms with E-state index in [2.05, 4.69) is 0 Å². The van der Waals surface area contributed by atoms with Crippen LogP contribution < -0.4 is 5.73 Å². The van der Waals surface area contributed by atoms with E-state index in [1.807, 2.05) is 0 Å². The van der Waals surface area contributed by atoms with Crippen LogP contribution in [-0.2, 0) is 0 Å². The van der Waals surface area contributed by atoms with E-state index in [1.54, 1.807) is 0 Å². The lowest BCUT2D eigenvalue weighted by Crippen LogP contribution is -2.15. The molecule has 0 spiro atoms. The fourth-order valence-electron chi connectivity index (χ4n) is 1.32. The van der Waals surface area contributed by atoms with E-state index in [9.17, 15) is 18.9 Å². The van der Waals surface area contributed by atoms with Crippen molar-refractivity contribution in [3.63, 3.8) is 0 Å². The molecular formula is C9H10F2N2O3. The number of hydrogen-bond donors (Lipinski definition) is 2. The summed E-state index contributed by atoms with van der Waals surface area (Å²) in [6.07, 6.45) is -3.35. The molecule has 0 saturated carbocycles. The van der Waals surface area contributed by atoms with E-state index < -0.39 is 23.8 Å².